The Hall–Kier alpha value is -3.26. The summed E-state index contributed by atoms with van der Waals surface area (Å²) in [6, 6.07) is 7.31. The first-order valence-corrected chi connectivity index (χ1v) is 12.3. The van der Waals surface area contributed by atoms with Gasteiger partial charge in [0.05, 0.1) is 34.5 Å². The van der Waals surface area contributed by atoms with E-state index >= 15 is 0 Å². The van der Waals surface area contributed by atoms with E-state index in [4.69, 9.17) is 10.1 Å². The van der Waals surface area contributed by atoms with Crippen LogP contribution in [0.2, 0.25) is 0 Å². The highest BCUT2D eigenvalue weighted by atomic mass is 16.1. The Morgan fingerprint density at radius 1 is 1.24 bits per heavy atom. The topological polar surface area (TPSA) is 71.0 Å². The number of piperazine rings is 1. The van der Waals surface area contributed by atoms with E-state index in [0.717, 1.165) is 72.5 Å². The standard InChI is InChI=1S/C26H33N7O/c1-5-22(24-13-25-23(6-2)27-18(3)14-33(25)29-24)28-26-10-9-21(16-31(26)17-34)30-11-12-32(19(4)15-30)20-7-8-20/h5,9-10,13-14,16-17,19-20H,6-8,11-12,15H2,1-4H3/b22-5-,28-26?. The SMILES string of the molecule is C/C=C(\N=c1ccc(N2CCN(C3CC3)C(C)C2)cn1C=O)c1cc2c(CC)nc(C)cn2n1. The van der Waals surface area contributed by atoms with Crippen LogP contribution in [0.3, 0.4) is 0 Å². The van der Waals surface area contributed by atoms with E-state index < -0.39 is 0 Å². The predicted octanol–water partition coefficient (Wildman–Crippen LogP) is 3.07. The minimum atomic E-state index is 0.520. The van der Waals surface area contributed by atoms with Crippen LogP contribution in [0.25, 0.3) is 11.2 Å². The van der Waals surface area contributed by atoms with Crippen LogP contribution < -0.4 is 10.4 Å². The number of fused-ring (bicyclic) bond motifs is 1. The molecule has 1 aliphatic carbocycles. The van der Waals surface area contributed by atoms with Crippen molar-refractivity contribution in [3.63, 3.8) is 0 Å². The first kappa shape index (κ1) is 22.5. The fraction of sp³-hybridized carbons (Fsp3) is 0.462. The fourth-order valence-corrected chi connectivity index (χ4v) is 4.98. The van der Waals surface area contributed by atoms with Crippen LogP contribution in [-0.4, -0.2) is 62.2 Å². The van der Waals surface area contributed by atoms with Crippen molar-refractivity contribution < 1.29 is 4.79 Å². The van der Waals surface area contributed by atoms with Gasteiger partial charge in [0, 0.05) is 37.9 Å². The van der Waals surface area contributed by atoms with Gasteiger partial charge in [0.1, 0.15) is 11.2 Å². The second kappa shape index (κ2) is 9.18. The smallest absolute Gasteiger partial charge is 0.219 e. The molecule has 1 atom stereocenters. The summed E-state index contributed by atoms with van der Waals surface area (Å²) in [4.78, 5) is 26.4. The van der Waals surface area contributed by atoms with Crippen LogP contribution in [0.5, 0.6) is 0 Å². The lowest BCUT2D eigenvalue weighted by Gasteiger charge is -2.41. The van der Waals surface area contributed by atoms with E-state index in [1.54, 1.807) is 4.57 Å². The van der Waals surface area contributed by atoms with Gasteiger partial charge in [-0.3, -0.25) is 19.2 Å². The molecule has 2 fully saturated rings. The van der Waals surface area contributed by atoms with Crippen molar-refractivity contribution in [3.05, 3.63) is 59.2 Å². The zero-order valence-electron chi connectivity index (χ0n) is 20.5. The number of allylic oxidation sites excluding steroid dienone is 1. The van der Waals surface area contributed by atoms with Crippen LogP contribution in [0, 0.1) is 6.92 Å². The first-order chi connectivity index (χ1) is 16.5. The number of rotatable bonds is 6. The molecule has 1 unspecified atom stereocenters. The Kier molecular flexibility index (Phi) is 6.08. The van der Waals surface area contributed by atoms with Crippen molar-refractivity contribution in [3.8, 4) is 0 Å². The molecule has 1 aliphatic heterocycles. The molecular formula is C26H33N7O. The highest BCUT2D eigenvalue weighted by molar-refractivity contribution is 5.68. The Labute approximate surface area is 200 Å². The van der Waals surface area contributed by atoms with Gasteiger partial charge in [0.25, 0.3) is 0 Å². The fourth-order valence-electron chi connectivity index (χ4n) is 4.98. The lowest BCUT2D eigenvalue weighted by Crippen LogP contribution is -2.52. The third-order valence-corrected chi connectivity index (χ3v) is 6.87. The largest absolute Gasteiger partial charge is 0.367 e. The zero-order chi connectivity index (χ0) is 23.8. The van der Waals surface area contributed by atoms with Crippen molar-refractivity contribution in [2.45, 2.75) is 59.0 Å². The number of aryl methyl sites for hydroxylation is 2. The third kappa shape index (κ3) is 4.30. The summed E-state index contributed by atoms with van der Waals surface area (Å²) >= 11 is 0. The molecule has 0 aromatic carbocycles. The Bertz CT molecular complexity index is 1310. The molecule has 3 aromatic heterocycles. The summed E-state index contributed by atoms with van der Waals surface area (Å²) in [5.74, 6) is 0. The molecule has 1 saturated heterocycles. The Morgan fingerprint density at radius 3 is 2.74 bits per heavy atom. The third-order valence-electron chi connectivity index (χ3n) is 6.87. The summed E-state index contributed by atoms with van der Waals surface area (Å²) in [6.07, 6.45) is 10.1. The van der Waals surface area contributed by atoms with Crippen molar-refractivity contribution >= 4 is 23.3 Å². The van der Waals surface area contributed by atoms with Crippen LogP contribution in [0.15, 0.2) is 41.7 Å². The van der Waals surface area contributed by atoms with E-state index in [1.807, 2.05) is 49.0 Å². The molecule has 34 heavy (non-hydrogen) atoms. The number of aromatic nitrogens is 4. The lowest BCUT2D eigenvalue weighted by molar-refractivity contribution is 0.180. The van der Waals surface area contributed by atoms with Crippen molar-refractivity contribution in [2.24, 2.45) is 4.99 Å². The minimum Gasteiger partial charge on any atom is -0.367 e. The Balaban J connectivity index is 1.44. The molecule has 0 radical (unpaired) electrons. The van der Waals surface area contributed by atoms with Crippen molar-refractivity contribution in [1.29, 1.82) is 0 Å². The zero-order valence-corrected chi connectivity index (χ0v) is 20.5. The predicted molar refractivity (Wildman–Crippen MR) is 134 cm³/mol. The van der Waals surface area contributed by atoms with Crippen LogP contribution in [0.1, 0.15) is 50.7 Å². The lowest BCUT2D eigenvalue weighted by atomic mass is 10.1. The summed E-state index contributed by atoms with van der Waals surface area (Å²) in [7, 11) is 0. The van der Waals surface area contributed by atoms with Crippen LogP contribution in [-0.2, 0) is 11.2 Å². The molecule has 2 aliphatic rings. The molecule has 4 heterocycles. The highest BCUT2D eigenvalue weighted by Gasteiger charge is 2.35. The van der Waals surface area contributed by atoms with Crippen molar-refractivity contribution in [2.75, 3.05) is 24.5 Å². The average molecular weight is 460 g/mol. The number of carbonyl (C=O) groups is 1. The maximum atomic E-state index is 12.0. The van der Waals surface area contributed by atoms with Gasteiger partial charge in [-0.05, 0) is 58.2 Å². The minimum absolute atomic E-state index is 0.520. The Morgan fingerprint density at radius 2 is 2.06 bits per heavy atom. The van der Waals surface area contributed by atoms with Gasteiger partial charge < -0.3 is 4.90 Å². The van der Waals surface area contributed by atoms with Gasteiger partial charge in [-0.15, -0.1) is 0 Å². The first-order valence-electron chi connectivity index (χ1n) is 12.3. The quantitative estimate of drug-likeness (QED) is 0.530. The van der Waals surface area contributed by atoms with Crippen LogP contribution >= 0.6 is 0 Å². The van der Waals surface area contributed by atoms with Gasteiger partial charge in [-0.1, -0.05) is 13.0 Å². The van der Waals surface area contributed by atoms with E-state index in [0.29, 0.717) is 11.5 Å². The van der Waals surface area contributed by atoms with E-state index in [9.17, 15) is 4.79 Å². The second-order valence-electron chi connectivity index (χ2n) is 9.35. The number of anilines is 1. The summed E-state index contributed by atoms with van der Waals surface area (Å²) in [5.41, 5.74) is 6.04. The monoisotopic (exact) mass is 459 g/mol. The summed E-state index contributed by atoms with van der Waals surface area (Å²) in [5, 5.41) is 4.73. The molecule has 0 N–H and O–H groups in total. The molecule has 0 bridgehead atoms. The molecule has 178 valence electrons. The van der Waals surface area contributed by atoms with Crippen molar-refractivity contribution in [1.82, 2.24) is 24.1 Å². The maximum Gasteiger partial charge on any atom is 0.219 e. The van der Waals surface area contributed by atoms with E-state index in [-0.39, 0.29) is 0 Å². The van der Waals surface area contributed by atoms with Gasteiger partial charge >= 0.3 is 0 Å². The maximum absolute atomic E-state index is 12.0. The number of pyridine rings is 1. The molecule has 1 saturated carbocycles. The highest BCUT2D eigenvalue weighted by Crippen LogP contribution is 2.31. The average Bonchev–Trinajstić information content (AvgIpc) is 3.60. The van der Waals surface area contributed by atoms with Gasteiger partial charge in [-0.25, -0.2) is 9.51 Å². The molecule has 3 aromatic rings. The number of hydrogen-bond acceptors (Lipinski definition) is 6. The second-order valence-corrected chi connectivity index (χ2v) is 9.35. The molecule has 8 nitrogen and oxygen atoms in total. The molecular weight excluding hydrogens is 426 g/mol. The van der Waals surface area contributed by atoms with E-state index in [2.05, 4.69) is 34.7 Å². The molecule has 5 rings (SSSR count). The van der Waals surface area contributed by atoms with Crippen LogP contribution in [0.4, 0.5) is 5.69 Å². The number of carbonyl (C=O) groups excluding carboxylic acids is 1. The van der Waals surface area contributed by atoms with E-state index in [1.165, 1.54) is 12.8 Å². The summed E-state index contributed by atoms with van der Waals surface area (Å²) < 4.78 is 3.44. The number of nitrogens with zero attached hydrogens (tertiary/aromatic N) is 7. The van der Waals surface area contributed by atoms with Gasteiger partial charge in [0.15, 0.2) is 0 Å². The normalized spacial score (nSPS) is 20.4. The molecule has 0 spiro atoms. The van der Waals surface area contributed by atoms with Gasteiger partial charge in [0.2, 0.25) is 6.41 Å². The molecule has 8 heteroatoms. The van der Waals surface area contributed by atoms with Gasteiger partial charge in [-0.2, -0.15) is 5.10 Å². The molecule has 0 amide bonds. The summed E-state index contributed by atoms with van der Waals surface area (Å²) in [6.45, 7) is 11.3. The number of hydrogen-bond donors (Lipinski definition) is 0.